The lowest BCUT2D eigenvalue weighted by Crippen LogP contribution is -2.37. The Bertz CT molecular complexity index is 603. The molecule has 0 aliphatic heterocycles. The highest BCUT2D eigenvalue weighted by Gasteiger charge is 2.17. The molecule has 2 N–H and O–H groups in total. The molecule has 1 aromatic carbocycles. The molecule has 1 fully saturated rings. The van der Waals surface area contributed by atoms with Crippen molar-refractivity contribution >= 4 is 29.5 Å². The highest BCUT2D eigenvalue weighted by atomic mass is 32.2. The van der Waals surface area contributed by atoms with E-state index in [2.05, 4.69) is 10.6 Å². The van der Waals surface area contributed by atoms with Gasteiger partial charge in [0.2, 0.25) is 11.8 Å². The molecule has 26 heavy (non-hydrogen) atoms. The van der Waals surface area contributed by atoms with Crippen LogP contribution >= 0.6 is 11.8 Å². The summed E-state index contributed by atoms with van der Waals surface area (Å²) in [5.41, 5.74) is 0.630. The third-order valence-electron chi connectivity index (χ3n) is 4.32. The van der Waals surface area contributed by atoms with Crippen LogP contribution in [0.4, 0.5) is 0 Å². The fourth-order valence-corrected chi connectivity index (χ4v) is 3.55. The van der Waals surface area contributed by atoms with Crippen LogP contribution in [-0.4, -0.2) is 60.3 Å². The third-order valence-corrected chi connectivity index (χ3v) is 5.26. The lowest BCUT2D eigenvalue weighted by Gasteiger charge is -2.17. The van der Waals surface area contributed by atoms with Crippen LogP contribution in [0.15, 0.2) is 30.3 Å². The number of thioether (sulfide) groups is 1. The summed E-state index contributed by atoms with van der Waals surface area (Å²) in [5, 5.41) is 5.78. The van der Waals surface area contributed by atoms with E-state index in [0.717, 1.165) is 12.8 Å². The standard InChI is InChI=1S/C19H27N3O3S/c1-22(19(25)15-7-3-2-4-8-15)12-11-20-17(23)13-26-14-18(24)21-16-9-5-6-10-16/h2-4,7-8,16H,5-6,9-14H2,1H3,(H,20,23)(H,21,24). The van der Waals surface area contributed by atoms with Crippen molar-refractivity contribution in [1.82, 2.24) is 15.5 Å². The zero-order chi connectivity index (χ0) is 18.8. The largest absolute Gasteiger partial charge is 0.354 e. The summed E-state index contributed by atoms with van der Waals surface area (Å²) in [6.45, 7) is 0.828. The SMILES string of the molecule is CN(CCNC(=O)CSCC(=O)NC1CCCC1)C(=O)c1ccccc1. The van der Waals surface area contributed by atoms with E-state index in [1.165, 1.54) is 24.6 Å². The van der Waals surface area contributed by atoms with Crippen LogP contribution in [0.1, 0.15) is 36.0 Å². The molecule has 0 radical (unpaired) electrons. The number of amides is 3. The average Bonchev–Trinajstić information content (AvgIpc) is 3.14. The predicted molar refractivity (Wildman–Crippen MR) is 104 cm³/mol. The Labute approximate surface area is 159 Å². The van der Waals surface area contributed by atoms with Crippen molar-refractivity contribution in [3.63, 3.8) is 0 Å². The zero-order valence-electron chi connectivity index (χ0n) is 15.2. The second-order valence-corrected chi connectivity index (χ2v) is 7.47. The molecule has 1 aliphatic rings. The average molecular weight is 378 g/mol. The first kappa shape index (κ1) is 20.3. The van der Waals surface area contributed by atoms with Crippen LogP contribution < -0.4 is 10.6 Å². The van der Waals surface area contributed by atoms with Gasteiger partial charge in [-0.3, -0.25) is 14.4 Å². The quantitative estimate of drug-likeness (QED) is 0.686. The molecule has 0 atom stereocenters. The molecule has 1 saturated carbocycles. The predicted octanol–water partition coefficient (Wildman–Crippen LogP) is 1.67. The zero-order valence-corrected chi connectivity index (χ0v) is 16.0. The Morgan fingerprint density at radius 2 is 1.73 bits per heavy atom. The molecular formula is C19H27N3O3S. The second kappa shape index (κ2) is 10.9. The van der Waals surface area contributed by atoms with E-state index in [9.17, 15) is 14.4 Å². The minimum Gasteiger partial charge on any atom is -0.354 e. The molecule has 1 aliphatic carbocycles. The van der Waals surface area contributed by atoms with E-state index in [1.807, 2.05) is 18.2 Å². The monoisotopic (exact) mass is 377 g/mol. The number of rotatable bonds is 9. The van der Waals surface area contributed by atoms with Crippen LogP contribution in [0.3, 0.4) is 0 Å². The van der Waals surface area contributed by atoms with Gasteiger partial charge in [0.15, 0.2) is 0 Å². The summed E-state index contributed by atoms with van der Waals surface area (Å²) in [4.78, 5) is 37.4. The van der Waals surface area contributed by atoms with Crippen LogP contribution in [0.25, 0.3) is 0 Å². The van der Waals surface area contributed by atoms with E-state index in [0.29, 0.717) is 30.4 Å². The van der Waals surface area contributed by atoms with E-state index < -0.39 is 0 Å². The number of benzene rings is 1. The van der Waals surface area contributed by atoms with Gasteiger partial charge >= 0.3 is 0 Å². The summed E-state index contributed by atoms with van der Waals surface area (Å²) in [6, 6.07) is 9.36. The molecule has 0 unspecified atom stereocenters. The lowest BCUT2D eigenvalue weighted by molar-refractivity contribution is -0.119. The first-order valence-corrected chi connectivity index (χ1v) is 10.2. The van der Waals surface area contributed by atoms with Crippen LogP contribution in [-0.2, 0) is 9.59 Å². The van der Waals surface area contributed by atoms with Crippen LogP contribution in [0.2, 0.25) is 0 Å². The number of carbonyl (C=O) groups is 3. The van der Waals surface area contributed by atoms with Gasteiger partial charge in [0, 0.05) is 31.7 Å². The Kier molecular flexibility index (Phi) is 8.47. The minimum atomic E-state index is -0.121. The molecule has 0 saturated heterocycles. The lowest BCUT2D eigenvalue weighted by atomic mass is 10.2. The molecule has 0 spiro atoms. The van der Waals surface area contributed by atoms with E-state index in [-0.39, 0.29) is 23.5 Å². The maximum atomic E-state index is 12.2. The summed E-state index contributed by atoms with van der Waals surface area (Å²) in [5.74, 6) is 0.356. The molecular weight excluding hydrogens is 350 g/mol. The van der Waals surface area contributed by atoms with Crippen molar-refractivity contribution in [1.29, 1.82) is 0 Å². The molecule has 0 aromatic heterocycles. The number of nitrogens with zero attached hydrogens (tertiary/aromatic N) is 1. The first-order valence-electron chi connectivity index (χ1n) is 9.00. The van der Waals surface area contributed by atoms with Crippen molar-refractivity contribution in [2.75, 3.05) is 31.6 Å². The molecule has 1 aromatic rings. The van der Waals surface area contributed by atoms with Crippen LogP contribution in [0.5, 0.6) is 0 Å². The van der Waals surface area contributed by atoms with E-state index in [4.69, 9.17) is 0 Å². The molecule has 0 heterocycles. The van der Waals surface area contributed by atoms with Gasteiger partial charge in [-0.15, -0.1) is 11.8 Å². The molecule has 6 nitrogen and oxygen atoms in total. The number of hydrogen-bond acceptors (Lipinski definition) is 4. The van der Waals surface area contributed by atoms with Gasteiger partial charge in [-0.2, -0.15) is 0 Å². The van der Waals surface area contributed by atoms with Crippen molar-refractivity contribution in [3.8, 4) is 0 Å². The Balaban J connectivity index is 1.55. The number of nitrogens with one attached hydrogen (secondary N) is 2. The van der Waals surface area contributed by atoms with Gasteiger partial charge in [-0.1, -0.05) is 31.0 Å². The van der Waals surface area contributed by atoms with Gasteiger partial charge in [-0.05, 0) is 25.0 Å². The Morgan fingerprint density at radius 3 is 2.42 bits per heavy atom. The summed E-state index contributed by atoms with van der Waals surface area (Å²) < 4.78 is 0. The fraction of sp³-hybridized carbons (Fsp3) is 0.526. The first-order chi connectivity index (χ1) is 12.6. The second-order valence-electron chi connectivity index (χ2n) is 6.48. The maximum absolute atomic E-state index is 12.2. The summed E-state index contributed by atoms with van der Waals surface area (Å²) >= 11 is 1.31. The highest BCUT2D eigenvalue weighted by molar-refractivity contribution is 8.00. The smallest absolute Gasteiger partial charge is 0.253 e. The Morgan fingerprint density at radius 1 is 1.08 bits per heavy atom. The normalized spacial score (nSPS) is 14.0. The fourth-order valence-electron chi connectivity index (χ4n) is 2.89. The van der Waals surface area contributed by atoms with Crippen molar-refractivity contribution < 1.29 is 14.4 Å². The molecule has 0 bridgehead atoms. The summed E-state index contributed by atoms with van der Waals surface area (Å²) in [6.07, 6.45) is 4.49. The number of hydrogen-bond donors (Lipinski definition) is 2. The van der Waals surface area contributed by atoms with Crippen molar-refractivity contribution in [3.05, 3.63) is 35.9 Å². The maximum Gasteiger partial charge on any atom is 0.253 e. The Hall–Kier alpha value is -2.02. The van der Waals surface area contributed by atoms with E-state index >= 15 is 0 Å². The van der Waals surface area contributed by atoms with E-state index in [1.54, 1.807) is 24.1 Å². The topological polar surface area (TPSA) is 78.5 Å². The van der Waals surface area contributed by atoms with Crippen LogP contribution in [0, 0.1) is 0 Å². The third kappa shape index (κ3) is 7.07. The highest BCUT2D eigenvalue weighted by Crippen LogP contribution is 2.17. The number of carbonyl (C=O) groups excluding carboxylic acids is 3. The summed E-state index contributed by atoms with van der Waals surface area (Å²) in [7, 11) is 1.71. The van der Waals surface area contributed by atoms with Gasteiger partial charge in [0.05, 0.1) is 11.5 Å². The van der Waals surface area contributed by atoms with Gasteiger partial charge < -0.3 is 15.5 Å². The van der Waals surface area contributed by atoms with Gasteiger partial charge in [0.25, 0.3) is 5.91 Å². The molecule has 3 amide bonds. The minimum absolute atomic E-state index is 0.00268. The molecule has 2 rings (SSSR count). The van der Waals surface area contributed by atoms with Crippen molar-refractivity contribution in [2.45, 2.75) is 31.7 Å². The molecule has 142 valence electrons. The van der Waals surface area contributed by atoms with Crippen molar-refractivity contribution in [2.24, 2.45) is 0 Å². The number of likely N-dealkylation sites (N-methyl/N-ethyl adjacent to an activating group) is 1. The van der Waals surface area contributed by atoms with Gasteiger partial charge in [0.1, 0.15) is 0 Å². The van der Waals surface area contributed by atoms with Gasteiger partial charge in [-0.25, -0.2) is 0 Å². The molecule has 7 heteroatoms.